The summed E-state index contributed by atoms with van der Waals surface area (Å²) < 4.78 is 12.7. The normalized spacial score (nSPS) is 11.2. The van der Waals surface area contributed by atoms with Crippen LogP contribution in [0.4, 0.5) is 0 Å². The molecule has 0 amide bonds. The van der Waals surface area contributed by atoms with Gasteiger partial charge in [0.1, 0.15) is 0 Å². The Morgan fingerprint density at radius 1 is 1.17 bits per heavy atom. The molecule has 140 valence electrons. The van der Waals surface area contributed by atoms with Gasteiger partial charge < -0.3 is 20.1 Å². The highest BCUT2D eigenvalue weighted by Crippen LogP contribution is 1.95. The fourth-order valence-electron chi connectivity index (χ4n) is 1.96. The van der Waals surface area contributed by atoms with Crippen LogP contribution in [0, 0.1) is 0 Å². The maximum absolute atomic E-state index is 5.50. The van der Waals surface area contributed by atoms with Gasteiger partial charge in [-0.05, 0) is 18.4 Å². The third-order valence-electron chi connectivity index (χ3n) is 3.24. The number of aryl methyl sites for hydroxylation is 1. The van der Waals surface area contributed by atoms with Crippen molar-refractivity contribution < 1.29 is 9.47 Å². The Morgan fingerprint density at radius 3 is 2.50 bits per heavy atom. The number of nitrogens with zero attached hydrogens (tertiary/aromatic N) is 3. The van der Waals surface area contributed by atoms with E-state index in [0.717, 1.165) is 44.9 Å². The molecule has 0 aliphatic carbocycles. The van der Waals surface area contributed by atoms with Crippen LogP contribution in [0.3, 0.4) is 0 Å². The van der Waals surface area contributed by atoms with Gasteiger partial charge in [-0.25, -0.2) is 0 Å². The Kier molecular flexibility index (Phi) is 15.1. The molecule has 7 nitrogen and oxygen atoms in total. The van der Waals surface area contributed by atoms with Gasteiger partial charge in [0.2, 0.25) is 0 Å². The third-order valence-corrected chi connectivity index (χ3v) is 3.24. The van der Waals surface area contributed by atoms with Gasteiger partial charge in [0.15, 0.2) is 5.96 Å². The predicted molar refractivity (Wildman–Crippen MR) is 108 cm³/mol. The molecule has 8 heteroatoms. The standard InChI is InChI=1S/C16H31N5O2.HI/c1-4-5-9-22-11-12-23-10-8-19-16(17-2)18-7-6-15-13-20-21(3)14-15;/h13-14H,4-12H2,1-3H3,(H2,17,18,19);1H. The lowest BCUT2D eigenvalue weighted by Crippen LogP contribution is -2.39. The molecule has 0 atom stereocenters. The molecular weight excluding hydrogens is 421 g/mol. The molecule has 1 aromatic rings. The van der Waals surface area contributed by atoms with E-state index in [9.17, 15) is 0 Å². The van der Waals surface area contributed by atoms with E-state index in [2.05, 4.69) is 27.6 Å². The van der Waals surface area contributed by atoms with Gasteiger partial charge in [0, 0.05) is 40.0 Å². The van der Waals surface area contributed by atoms with Gasteiger partial charge in [-0.2, -0.15) is 5.10 Å². The van der Waals surface area contributed by atoms with Gasteiger partial charge in [-0.15, -0.1) is 24.0 Å². The summed E-state index contributed by atoms with van der Waals surface area (Å²) in [4.78, 5) is 4.19. The lowest BCUT2D eigenvalue weighted by molar-refractivity contribution is 0.0487. The zero-order valence-corrected chi connectivity index (χ0v) is 17.4. The van der Waals surface area contributed by atoms with E-state index in [1.165, 1.54) is 5.56 Å². The van der Waals surface area contributed by atoms with Crippen molar-refractivity contribution in [1.29, 1.82) is 0 Å². The zero-order valence-electron chi connectivity index (χ0n) is 15.1. The molecule has 1 aromatic heterocycles. The highest BCUT2D eigenvalue weighted by atomic mass is 127. The Bertz CT molecular complexity index is 440. The number of unbranched alkanes of at least 4 members (excludes halogenated alkanes) is 1. The molecule has 0 saturated carbocycles. The zero-order chi connectivity index (χ0) is 16.8. The number of hydrogen-bond acceptors (Lipinski definition) is 4. The van der Waals surface area contributed by atoms with Gasteiger partial charge in [0.25, 0.3) is 0 Å². The minimum atomic E-state index is 0. The Balaban J connectivity index is 0.00000529. The minimum absolute atomic E-state index is 0. The van der Waals surface area contributed by atoms with E-state index in [-0.39, 0.29) is 24.0 Å². The maximum Gasteiger partial charge on any atom is 0.191 e. The largest absolute Gasteiger partial charge is 0.379 e. The first-order chi connectivity index (χ1) is 11.3. The second kappa shape index (κ2) is 15.6. The van der Waals surface area contributed by atoms with Crippen LogP contribution >= 0.6 is 24.0 Å². The summed E-state index contributed by atoms with van der Waals surface area (Å²) in [6, 6.07) is 0. The van der Waals surface area contributed by atoms with Gasteiger partial charge >= 0.3 is 0 Å². The van der Waals surface area contributed by atoms with Gasteiger partial charge in [0.05, 0.1) is 26.0 Å². The third kappa shape index (κ3) is 11.6. The van der Waals surface area contributed by atoms with Crippen LogP contribution < -0.4 is 10.6 Å². The molecular formula is C16H32IN5O2. The summed E-state index contributed by atoms with van der Waals surface area (Å²) in [5, 5.41) is 10.7. The van der Waals surface area contributed by atoms with E-state index in [4.69, 9.17) is 9.47 Å². The summed E-state index contributed by atoms with van der Waals surface area (Å²) in [6.45, 7) is 6.46. The Hall–Kier alpha value is -0.870. The van der Waals surface area contributed by atoms with Crippen molar-refractivity contribution in [2.75, 3.05) is 46.6 Å². The fraction of sp³-hybridized carbons (Fsp3) is 0.750. The molecule has 0 aliphatic rings. The van der Waals surface area contributed by atoms with E-state index >= 15 is 0 Å². The first-order valence-electron chi connectivity index (χ1n) is 8.33. The molecule has 0 aromatic carbocycles. The summed E-state index contributed by atoms with van der Waals surface area (Å²) in [5.74, 6) is 0.789. The first-order valence-corrected chi connectivity index (χ1v) is 8.33. The van der Waals surface area contributed by atoms with Crippen molar-refractivity contribution in [3.05, 3.63) is 18.0 Å². The van der Waals surface area contributed by atoms with E-state index in [1.54, 1.807) is 7.05 Å². The van der Waals surface area contributed by atoms with Crippen LogP contribution in [0.5, 0.6) is 0 Å². The van der Waals surface area contributed by atoms with Crippen LogP contribution in [0.1, 0.15) is 25.3 Å². The summed E-state index contributed by atoms with van der Waals surface area (Å²) in [5.41, 5.74) is 1.21. The average molecular weight is 453 g/mol. The smallest absolute Gasteiger partial charge is 0.191 e. The molecule has 0 unspecified atom stereocenters. The number of nitrogens with one attached hydrogen (secondary N) is 2. The second-order valence-electron chi connectivity index (χ2n) is 5.28. The van der Waals surface area contributed by atoms with Crippen molar-refractivity contribution in [2.45, 2.75) is 26.2 Å². The van der Waals surface area contributed by atoms with Crippen LogP contribution in [0.2, 0.25) is 0 Å². The molecule has 0 saturated heterocycles. The monoisotopic (exact) mass is 453 g/mol. The second-order valence-corrected chi connectivity index (χ2v) is 5.28. The quantitative estimate of drug-likeness (QED) is 0.218. The number of hydrogen-bond donors (Lipinski definition) is 2. The molecule has 0 fully saturated rings. The van der Waals surface area contributed by atoms with E-state index in [0.29, 0.717) is 19.8 Å². The predicted octanol–water partition coefficient (Wildman–Crippen LogP) is 1.58. The molecule has 0 spiro atoms. The van der Waals surface area contributed by atoms with Crippen molar-refractivity contribution in [2.24, 2.45) is 12.0 Å². The van der Waals surface area contributed by atoms with Crippen LogP contribution in [0.15, 0.2) is 17.4 Å². The maximum atomic E-state index is 5.50. The number of aliphatic imine (C=N–C) groups is 1. The molecule has 24 heavy (non-hydrogen) atoms. The summed E-state index contributed by atoms with van der Waals surface area (Å²) >= 11 is 0. The molecule has 1 heterocycles. The minimum Gasteiger partial charge on any atom is -0.379 e. The summed E-state index contributed by atoms with van der Waals surface area (Å²) in [7, 11) is 3.69. The number of halogens is 1. The Morgan fingerprint density at radius 2 is 1.88 bits per heavy atom. The fourth-order valence-corrected chi connectivity index (χ4v) is 1.96. The van der Waals surface area contributed by atoms with Crippen molar-refractivity contribution >= 4 is 29.9 Å². The number of guanidine groups is 1. The van der Waals surface area contributed by atoms with Crippen LogP contribution in [-0.4, -0.2) is 62.3 Å². The lowest BCUT2D eigenvalue weighted by Gasteiger charge is -2.11. The van der Waals surface area contributed by atoms with Gasteiger partial charge in [-0.1, -0.05) is 13.3 Å². The summed E-state index contributed by atoms with van der Waals surface area (Å²) in [6.07, 6.45) is 7.10. The SMILES string of the molecule is CCCCOCCOCCNC(=NC)NCCc1cnn(C)c1.I. The molecule has 2 N–H and O–H groups in total. The molecule has 1 rings (SSSR count). The van der Waals surface area contributed by atoms with E-state index in [1.807, 2.05) is 24.1 Å². The number of aromatic nitrogens is 2. The average Bonchev–Trinajstić information content (AvgIpc) is 2.97. The van der Waals surface area contributed by atoms with Crippen LogP contribution in [-0.2, 0) is 22.9 Å². The first kappa shape index (κ1) is 23.1. The molecule has 0 bridgehead atoms. The molecule has 0 radical (unpaired) electrons. The van der Waals surface area contributed by atoms with Crippen molar-refractivity contribution in [1.82, 2.24) is 20.4 Å². The highest BCUT2D eigenvalue weighted by Gasteiger charge is 1.99. The van der Waals surface area contributed by atoms with Crippen molar-refractivity contribution in [3.8, 4) is 0 Å². The molecule has 0 aliphatic heterocycles. The Labute approximate surface area is 162 Å². The van der Waals surface area contributed by atoms with Crippen LogP contribution in [0.25, 0.3) is 0 Å². The number of ether oxygens (including phenoxy) is 2. The van der Waals surface area contributed by atoms with E-state index < -0.39 is 0 Å². The number of rotatable bonds is 12. The van der Waals surface area contributed by atoms with Gasteiger partial charge in [-0.3, -0.25) is 9.67 Å². The lowest BCUT2D eigenvalue weighted by atomic mass is 10.2. The van der Waals surface area contributed by atoms with Crippen molar-refractivity contribution in [3.63, 3.8) is 0 Å². The highest BCUT2D eigenvalue weighted by molar-refractivity contribution is 14.0. The topological polar surface area (TPSA) is 72.7 Å².